The molecule has 1 heterocycles. The highest BCUT2D eigenvalue weighted by molar-refractivity contribution is 6.03. The van der Waals surface area contributed by atoms with Crippen molar-refractivity contribution >= 4 is 11.9 Å². The molecule has 0 aliphatic rings. The molecular formula is C11H8F3N3O2. The number of hydrogen-bond donors (Lipinski definition) is 1. The van der Waals surface area contributed by atoms with Crippen LogP contribution in [0.15, 0.2) is 28.7 Å². The van der Waals surface area contributed by atoms with E-state index in [9.17, 15) is 18.0 Å². The van der Waals surface area contributed by atoms with Gasteiger partial charge in [-0.25, -0.2) is 0 Å². The summed E-state index contributed by atoms with van der Waals surface area (Å²) < 4.78 is 40.9. The van der Waals surface area contributed by atoms with Crippen molar-refractivity contribution in [2.24, 2.45) is 0 Å². The highest BCUT2D eigenvalue weighted by Crippen LogP contribution is 2.28. The van der Waals surface area contributed by atoms with Crippen LogP contribution in [0.4, 0.5) is 19.2 Å². The Balaban J connectivity index is 2.11. The number of aryl methyl sites for hydroxylation is 1. The molecule has 0 saturated carbocycles. The van der Waals surface area contributed by atoms with Crippen LogP contribution in [0.1, 0.15) is 21.8 Å². The largest absolute Gasteiger partial charge is 0.470 e. The first-order valence-corrected chi connectivity index (χ1v) is 5.15. The molecular weight excluding hydrogens is 263 g/mol. The monoisotopic (exact) mass is 271 g/mol. The van der Waals surface area contributed by atoms with Crippen LogP contribution in [0.5, 0.6) is 0 Å². The van der Waals surface area contributed by atoms with Crippen LogP contribution in [0, 0.1) is 6.92 Å². The number of benzene rings is 1. The molecule has 0 spiro atoms. The van der Waals surface area contributed by atoms with Gasteiger partial charge in [0.1, 0.15) is 0 Å². The van der Waals surface area contributed by atoms with Gasteiger partial charge in [0.2, 0.25) is 0 Å². The predicted molar refractivity (Wildman–Crippen MR) is 58.4 cm³/mol. The number of nitrogens with zero attached hydrogens (tertiary/aromatic N) is 2. The fraction of sp³-hybridized carbons (Fsp3) is 0.182. The molecule has 1 N–H and O–H groups in total. The molecule has 0 bridgehead atoms. The van der Waals surface area contributed by atoms with Crippen LogP contribution in [0.3, 0.4) is 0 Å². The van der Waals surface area contributed by atoms with Crippen LogP contribution in [0.25, 0.3) is 0 Å². The second kappa shape index (κ2) is 4.71. The molecule has 2 rings (SSSR count). The van der Waals surface area contributed by atoms with Gasteiger partial charge in [-0.05, 0) is 19.1 Å². The van der Waals surface area contributed by atoms with Crippen LogP contribution in [0.2, 0.25) is 0 Å². The third-order valence-corrected chi connectivity index (χ3v) is 2.20. The summed E-state index contributed by atoms with van der Waals surface area (Å²) in [5, 5.41) is 7.98. The molecule has 0 fully saturated rings. The maximum absolute atomic E-state index is 12.2. The van der Waals surface area contributed by atoms with Crippen molar-refractivity contribution < 1.29 is 22.4 Å². The van der Waals surface area contributed by atoms with Crippen molar-refractivity contribution in [1.29, 1.82) is 0 Å². The van der Waals surface area contributed by atoms with Gasteiger partial charge in [-0.2, -0.15) is 13.2 Å². The van der Waals surface area contributed by atoms with Crippen molar-refractivity contribution in [3.8, 4) is 0 Å². The Hall–Kier alpha value is -2.38. The number of rotatable bonds is 2. The Kier molecular flexibility index (Phi) is 3.24. The minimum absolute atomic E-state index is 0.275. The molecule has 0 unspecified atom stereocenters. The smallest absolute Gasteiger partial charge is 0.399 e. The van der Waals surface area contributed by atoms with E-state index in [1.54, 1.807) is 12.1 Å². The Morgan fingerprint density at radius 1 is 1.21 bits per heavy atom. The molecule has 2 aromatic rings. The van der Waals surface area contributed by atoms with E-state index in [-0.39, 0.29) is 5.56 Å². The number of anilines is 1. The summed E-state index contributed by atoms with van der Waals surface area (Å²) in [5.41, 5.74) is 1.23. The number of halogens is 3. The zero-order chi connectivity index (χ0) is 14.0. The second-order valence-electron chi connectivity index (χ2n) is 3.73. The van der Waals surface area contributed by atoms with Crippen molar-refractivity contribution in [2.75, 3.05) is 5.32 Å². The van der Waals surface area contributed by atoms with E-state index in [2.05, 4.69) is 19.9 Å². The molecule has 100 valence electrons. The Morgan fingerprint density at radius 2 is 1.84 bits per heavy atom. The lowest BCUT2D eigenvalue weighted by Gasteiger charge is -2.01. The average molecular weight is 271 g/mol. The molecule has 8 heteroatoms. The fourth-order valence-electron chi connectivity index (χ4n) is 1.26. The summed E-state index contributed by atoms with van der Waals surface area (Å²) in [6.45, 7) is 1.84. The summed E-state index contributed by atoms with van der Waals surface area (Å²) in [6.07, 6.45) is -4.74. The van der Waals surface area contributed by atoms with Gasteiger partial charge in [0, 0.05) is 5.56 Å². The van der Waals surface area contributed by atoms with Crippen LogP contribution < -0.4 is 5.32 Å². The number of carbonyl (C=O) groups is 1. The van der Waals surface area contributed by atoms with Gasteiger partial charge < -0.3 is 4.42 Å². The molecule has 0 atom stereocenters. The van der Waals surface area contributed by atoms with Gasteiger partial charge in [-0.15, -0.1) is 5.10 Å². The van der Waals surface area contributed by atoms with Crippen molar-refractivity contribution in [1.82, 2.24) is 10.2 Å². The number of nitrogens with one attached hydrogen (secondary N) is 1. The van der Waals surface area contributed by atoms with Crippen LogP contribution in [-0.2, 0) is 6.18 Å². The molecule has 19 heavy (non-hydrogen) atoms. The van der Waals surface area contributed by atoms with Crippen LogP contribution >= 0.6 is 0 Å². The van der Waals surface area contributed by atoms with Gasteiger partial charge >= 0.3 is 18.1 Å². The first-order valence-electron chi connectivity index (χ1n) is 5.15. The Morgan fingerprint density at radius 3 is 2.37 bits per heavy atom. The number of aromatic nitrogens is 2. The summed E-state index contributed by atoms with van der Waals surface area (Å²) >= 11 is 0. The molecule has 0 aliphatic carbocycles. The SMILES string of the molecule is Cc1ccc(C(=O)Nc2nnc(C(F)(F)F)o2)cc1. The second-order valence-corrected chi connectivity index (χ2v) is 3.73. The fourth-order valence-corrected chi connectivity index (χ4v) is 1.26. The highest BCUT2D eigenvalue weighted by Gasteiger charge is 2.38. The Labute approximate surface area is 105 Å². The molecule has 1 aromatic carbocycles. The molecule has 0 aliphatic heterocycles. The highest BCUT2D eigenvalue weighted by atomic mass is 19.4. The normalized spacial score (nSPS) is 11.4. The van der Waals surface area contributed by atoms with Gasteiger partial charge in [0.25, 0.3) is 5.91 Å². The molecule has 0 saturated heterocycles. The van der Waals surface area contributed by atoms with Gasteiger partial charge in [-0.1, -0.05) is 22.8 Å². The predicted octanol–water partition coefficient (Wildman–Crippen LogP) is 2.65. The number of carbonyl (C=O) groups excluding carboxylic acids is 1. The minimum atomic E-state index is -4.74. The van der Waals surface area contributed by atoms with E-state index < -0.39 is 24.0 Å². The first-order chi connectivity index (χ1) is 8.86. The maximum Gasteiger partial charge on any atom is 0.470 e. The summed E-state index contributed by atoms with van der Waals surface area (Å²) in [5.74, 6) is -2.14. The lowest BCUT2D eigenvalue weighted by atomic mass is 10.1. The number of amides is 1. The van der Waals surface area contributed by atoms with Crippen molar-refractivity contribution in [3.63, 3.8) is 0 Å². The molecule has 1 aromatic heterocycles. The van der Waals surface area contributed by atoms with E-state index >= 15 is 0 Å². The van der Waals surface area contributed by atoms with E-state index in [0.717, 1.165) is 5.56 Å². The maximum atomic E-state index is 12.2. The first kappa shape index (κ1) is 13.1. The summed E-state index contributed by atoms with van der Waals surface area (Å²) in [7, 11) is 0. The number of hydrogen-bond acceptors (Lipinski definition) is 4. The quantitative estimate of drug-likeness (QED) is 0.911. The summed E-state index contributed by atoms with van der Waals surface area (Å²) in [4.78, 5) is 11.7. The zero-order valence-electron chi connectivity index (χ0n) is 9.65. The van der Waals surface area contributed by atoms with Crippen molar-refractivity contribution in [3.05, 3.63) is 41.3 Å². The summed E-state index contributed by atoms with van der Waals surface area (Å²) in [6, 6.07) is 5.86. The van der Waals surface area contributed by atoms with Gasteiger partial charge in [0.15, 0.2) is 0 Å². The average Bonchev–Trinajstić information content (AvgIpc) is 2.78. The van der Waals surface area contributed by atoms with E-state index in [0.29, 0.717) is 0 Å². The molecule has 0 radical (unpaired) electrons. The molecule has 5 nitrogen and oxygen atoms in total. The van der Waals surface area contributed by atoms with E-state index in [4.69, 9.17) is 0 Å². The van der Waals surface area contributed by atoms with Crippen LogP contribution in [-0.4, -0.2) is 16.1 Å². The zero-order valence-corrected chi connectivity index (χ0v) is 9.65. The molecule has 1 amide bonds. The third-order valence-electron chi connectivity index (χ3n) is 2.20. The van der Waals surface area contributed by atoms with E-state index in [1.165, 1.54) is 12.1 Å². The topological polar surface area (TPSA) is 68.0 Å². The Bertz CT molecular complexity index is 590. The van der Waals surface area contributed by atoms with Gasteiger partial charge in [-0.3, -0.25) is 10.1 Å². The lowest BCUT2D eigenvalue weighted by molar-refractivity contribution is -0.156. The van der Waals surface area contributed by atoms with E-state index in [1.807, 2.05) is 6.92 Å². The number of alkyl halides is 3. The van der Waals surface area contributed by atoms with Crippen molar-refractivity contribution in [2.45, 2.75) is 13.1 Å². The minimum Gasteiger partial charge on any atom is -0.399 e. The third kappa shape index (κ3) is 3.09. The van der Waals surface area contributed by atoms with Gasteiger partial charge in [0.05, 0.1) is 0 Å². The lowest BCUT2D eigenvalue weighted by Crippen LogP contribution is -2.12. The standard InChI is InChI=1S/C11H8F3N3O2/c1-6-2-4-7(5-3-6)8(18)15-10-17-16-9(19-10)11(12,13)14/h2-5H,1H3,(H,15,17,18).